The van der Waals surface area contributed by atoms with Crippen LogP contribution < -0.4 is 4.89 Å². The topological polar surface area (TPSA) is 111 Å². The van der Waals surface area contributed by atoms with Gasteiger partial charge in [-0.1, -0.05) is 205 Å². The number of carbonyl (C=O) groups is 2. The van der Waals surface area contributed by atoms with Crippen LogP contribution in [-0.2, 0) is 32.7 Å². The number of phosphoric ester groups is 1. The Morgan fingerprint density at radius 2 is 0.885 bits per heavy atom. The van der Waals surface area contributed by atoms with Crippen molar-refractivity contribution in [2.24, 2.45) is 0 Å². The van der Waals surface area contributed by atoms with Crippen molar-refractivity contribution in [1.82, 2.24) is 0 Å². The first-order chi connectivity index (χ1) is 29.5. The SMILES string of the molecule is CCCCCCC/C=C\C/C=C\CCCCCCCCCCCCCCCCCCCC(=O)OC(COC(=O)CCCCCCCCCC)COP(=O)([O-])OCC[N+](C)(C)C. The number of likely N-dealkylation sites (N-methyl/N-ethyl adjacent to an activating group) is 1. The quantitative estimate of drug-likeness (QED) is 0.0195. The van der Waals surface area contributed by atoms with E-state index in [1.54, 1.807) is 0 Å². The molecule has 0 aromatic heterocycles. The Labute approximate surface area is 377 Å². The van der Waals surface area contributed by atoms with E-state index in [0.717, 1.165) is 38.5 Å². The molecule has 0 aromatic rings. The van der Waals surface area contributed by atoms with Crippen molar-refractivity contribution in [3.8, 4) is 0 Å². The van der Waals surface area contributed by atoms with E-state index < -0.39 is 26.5 Å². The van der Waals surface area contributed by atoms with Gasteiger partial charge in [0.25, 0.3) is 7.82 Å². The van der Waals surface area contributed by atoms with Crippen molar-refractivity contribution in [3.05, 3.63) is 24.3 Å². The summed E-state index contributed by atoms with van der Waals surface area (Å²) in [5.41, 5.74) is 0. The number of carbonyl (C=O) groups excluding carboxylic acids is 2. The van der Waals surface area contributed by atoms with Crippen molar-refractivity contribution in [1.29, 1.82) is 0 Å². The van der Waals surface area contributed by atoms with Crippen LogP contribution in [0.15, 0.2) is 24.3 Å². The van der Waals surface area contributed by atoms with Crippen molar-refractivity contribution < 1.29 is 42.1 Å². The zero-order chi connectivity index (χ0) is 45.0. The highest BCUT2D eigenvalue weighted by Crippen LogP contribution is 2.38. The van der Waals surface area contributed by atoms with E-state index in [0.29, 0.717) is 17.4 Å². The van der Waals surface area contributed by atoms with Crippen molar-refractivity contribution in [2.45, 2.75) is 245 Å². The number of nitrogens with zero attached hydrogens (tertiary/aromatic N) is 1. The summed E-state index contributed by atoms with van der Waals surface area (Å²) in [7, 11) is 1.18. The van der Waals surface area contributed by atoms with E-state index in [1.165, 1.54) is 167 Å². The molecule has 0 rings (SSSR count). The summed E-state index contributed by atoms with van der Waals surface area (Å²) in [5.74, 6) is -0.829. The molecule has 0 bridgehead atoms. The molecule has 2 atom stereocenters. The van der Waals surface area contributed by atoms with Crippen LogP contribution in [0, 0.1) is 0 Å². The number of phosphoric acid groups is 1. The fraction of sp³-hybridized carbons (Fsp3) is 0.882. The van der Waals surface area contributed by atoms with Crippen LogP contribution in [0.5, 0.6) is 0 Å². The lowest BCUT2D eigenvalue weighted by Gasteiger charge is -2.28. The second-order valence-corrected chi connectivity index (χ2v) is 20.0. The zero-order valence-corrected chi connectivity index (χ0v) is 41.5. The number of rotatable bonds is 47. The monoisotopic (exact) mass is 884 g/mol. The van der Waals surface area contributed by atoms with E-state index in [-0.39, 0.29) is 32.0 Å². The van der Waals surface area contributed by atoms with Crippen LogP contribution in [0.1, 0.15) is 239 Å². The van der Waals surface area contributed by atoms with Gasteiger partial charge in [-0.25, -0.2) is 0 Å². The molecule has 0 radical (unpaired) electrons. The first-order valence-corrected chi connectivity index (χ1v) is 27.0. The molecule has 360 valence electrons. The van der Waals surface area contributed by atoms with Gasteiger partial charge in [0.15, 0.2) is 6.10 Å². The molecule has 10 heteroatoms. The Balaban J connectivity index is 3.99. The van der Waals surface area contributed by atoms with Crippen molar-refractivity contribution in [2.75, 3.05) is 47.5 Å². The third kappa shape index (κ3) is 47.8. The summed E-state index contributed by atoms with van der Waals surface area (Å²) >= 11 is 0. The van der Waals surface area contributed by atoms with Crippen LogP contribution in [-0.4, -0.2) is 70.0 Å². The molecule has 0 spiro atoms. The molecule has 61 heavy (non-hydrogen) atoms. The molecule has 0 aromatic carbocycles. The molecule has 0 aliphatic rings. The molecular formula is C51H98NO8P. The molecule has 9 nitrogen and oxygen atoms in total. The molecule has 0 heterocycles. The van der Waals surface area contributed by atoms with Crippen LogP contribution in [0.25, 0.3) is 0 Å². The summed E-state index contributed by atoms with van der Waals surface area (Å²) in [6.07, 6.45) is 49.6. The number of esters is 2. The minimum Gasteiger partial charge on any atom is -0.756 e. The highest BCUT2D eigenvalue weighted by molar-refractivity contribution is 7.45. The average Bonchev–Trinajstić information content (AvgIpc) is 3.21. The number of hydrogen-bond acceptors (Lipinski definition) is 8. The summed E-state index contributed by atoms with van der Waals surface area (Å²) in [6, 6.07) is 0. The standard InChI is InChI=1S/C51H98NO8P/c1-6-8-10-12-14-16-17-18-19-20-21-22-23-24-25-26-27-28-29-30-31-32-33-34-35-36-38-40-42-44-51(54)60-49(48-59-61(55,56)58-46-45-52(3,4)5)47-57-50(53)43-41-39-37-15-13-11-9-7-2/h17-18,20-21,49H,6-16,19,22-48H2,1-5H3/b18-17-,21-20-. The number of quaternary nitrogens is 1. The van der Waals surface area contributed by atoms with Crippen LogP contribution in [0.4, 0.5) is 0 Å². The normalized spacial score (nSPS) is 13.6. The van der Waals surface area contributed by atoms with Gasteiger partial charge in [-0.05, 0) is 44.9 Å². The highest BCUT2D eigenvalue weighted by Gasteiger charge is 2.21. The van der Waals surface area contributed by atoms with E-state index >= 15 is 0 Å². The number of ether oxygens (including phenoxy) is 2. The summed E-state index contributed by atoms with van der Waals surface area (Å²) in [5, 5.41) is 0. The van der Waals surface area contributed by atoms with Gasteiger partial charge in [0, 0.05) is 12.8 Å². The van der Waals surface area contributed by atoms with Crippen LogP contribution in [0.3, 0.4) is 0 Å². The zero-order valence-electron chi connectivity index (χ0n) is 40.6. The van der Waals surface area contributed by atoms with E-state index in [9.17, 15) is 19.0 Å². The Morgan fingerprint density at radius 1 is 0.508 bits per heavy atom. The molecule has 0 aliphatic carbocycles. The van der Waals surface area contributed by atoms with Gasteiger partial charge in [0.05, 0.1) is 27.7 Å². The maximum atomic E-state index is 12.7. The fourth-order valence-corrected chi connectivity index (χ4v) is 7.94. The Kier molecular flexibility index (Phi) is 42.6. The Bertz CT molecular complexity index is 1090. The Morgan fingerprint density at radius 3 is 1.30 bits per heavy atom. The first-order valence-electron chi connectivity index (χ1n) is 25.5. The summed E-state index contributed by atoms with van der Waals surface area (Å²) in [6.45, 7) is 4.21. The van der Waals surface area contributed by atoms with Gasteiger partial charge in [-0.2, -0.15) is 0 Å². The molecule has 0 saturated carbocycles. The van der Waals surface area contributed by atoms with Gasteiger partial charge in [-0.3, -0.25) is 14.2 Å². The van der Waals surface area contributed by atoms with Gasteiger partial charge in [-0.15, -0.1) is 0 Å². The lowest BCUT2D eigenvalue weighted by molar-refractivity contribution is -0.870. The van der Waals surface area contributed by atoms with E-state index in [2.05, 4.69) is 38.2 Å². The molecule has 0 fully saturated rings. The molecule has 2 unspecified atom stereocenters. The lowest BCUT2D eigenvalue weighted by Crippen LogP contribution is -2.37. The molecule has 0 saturated heterocycles. The van der Waals surface area contributed by atoms with Gasteiger partial charge >= 0.3 is 11.9 Å². The summed E-state index contributed by atoms with van der Waals surface area (Å²) in [4.78, 5) is 37.5. The van der Waals surface area contributed by atoms with Gasteiger partial charge < -0.3 is 27.9 Å². The maximum absolute atomic E-state index is 12.7. The first kappa shape index (κ1) is 59.5. The lowest BCUT2D eigenvalue weighted by atomic mass is 10.0. The van der Waals surface area contributed by atoms with Crippen LogP contribution in [0.2, 0.25) is 0 Å². The molecule has 0 aliphatic heterocycles. The van der Waals surface area contributed by atoms with Crippen molar-refractivity contribution >= 4 is 19.8 Å². The third-order valence-corrected chi connectivity index (χ3v) is 12.2. The third-order valence-electron chi connectivity index (χ3n) is 11.2. The molecule has 0 amide bonds. The minimum atomic E-state index is -4.62. The van der Waals surface area contributed by atoms with Crippen molar-refractivity contribution in [3.63, 3.8) is 0 Å². The van der Waals surface area contributed by atoms with Crippen LogP contribution >= 0.6 is 7.82 Å². The second-order valence-electron chi connectivity index (χ2n) is 18.5. The van der Waals surface area contributed by atoms with E-state index in [4.69, 9.17) is 18.5 Å². The largest absolute Gasteiger partial charge is 0.756 e. The molecular weight excluding hydrogens is 786 g/mol. The maximum Gasteiger partial charge on any atom is 0.306 e. The summed E-state index contributed by atoms with van der Waals surface area (Å²) < 4.78 is 33.9. The Hall–Kier alpha value is -1.51. The van der Waals surface area contributed by atoms with E-state index in [1.807, 2.05) is 21.1 Å². The molecule has 0 N–H and O–H groups in total. The number of unbranched alkanes of at least 4 members (excludes halogenated alkanes) is 29. The number of allylic oxidation sites excluding steroid dienone is 4. The minimum absolute atomic E-state index is 0.0280. The predicted molar refractivity (Wildman–Crippen MR) is 254 cm³/mol. The smallest absolute Gasteiger partial charge is 0.306 e. The second kappa shape index (κ2) is 43.7. The highest BCUT2D eigenvalue weighted by atomic mass is 31.2. The fourth-order valence-electron chi connectivity index (χ4n) is 7.22. The number of hydrogen-bond donors (Lipinski definition) is 0. The average molecular weight is 884 g/mol. The van der Waals surface area contributed by atoms with Gasteiger partial charge in [0.2, 0.25) is 0 Å². The predicted octanol–water partition coefficient (Wildman–Crippen LogP) is 14.5. The van der Waals surface area contributed by atoms with Gasteiger partial charge in [0.1, 0.15) is 19.8 Å².